The van der Waals surface area contributed by atoms with Crippen LogP contribution in [-0.4, -0.2) is 9.79 Å². The van der Waals surface area contributed by atoms with Crippen LogP contribution in [0.25, 0.3) is 38.4 Å². The Morgan fingerprint density at radius 2 is 1.32 bits per heavy atom. The van der Waals surface area contributed by atoms with Crippen LogP contribution in [0.5, 0.6) is 0 Å². The van der Waals surface area contributed by atoms with Crippen LogP contribution in [0.1, 0.15) is 5.56 Å². The Hall–Kier alpha value is -2.19. The number of hydrogen-bond acceptors (Lipinski definition) is 1. The number of benzene rings is 4. The highest BCUT2D eigenvalue weighted by molar-refractivity contribution is 7.30. The first kappa shape index (κ1) is 14.7. The lowest BCUT2D eigenvalue weighted by atomic mass is 9.92. The van der Waals surface area contributed by atoms with Crippen LogP contribution in [0.15, 0.2) is 61.2 Å². The van der Waals surface area contributed by atoms with Gasteiger partial charge in [0.2, 0.25) is 0 Å². The van der Waals surface area contributed by atoms with E-state index in [1.807, 2.05) is 6.08 Å². The van der Waals surface area contributed by atoms with Gasteiger partial charge in [-0.1, -0.05) is 67.3 Å². The van der Waals surface area contributed by atoms with Crippen molar-refractivity contribution in [3.8, 4) is 0 Å². The zero-order valence-corrected chi connectivity index (χ0v) is 12.8. The van der Waals surface area contributed by atoms with Crippen molar-refractivity contribution >= 4 is 46.6 Å². The van der Waals surface area contributed by atoms with Crippen LogP contribution >= 0.6 is 8.25 Å². The molecule has 3 nitrogen and oxygen atoms in total. The SMILES string of the molecule is C=Cc1ccc2ccc3cccc4ccc1c2c34.O=[PH](O)O. The van der Waals surface area contributed by atoms with Crippen LogP contribution in [0, 0.1) is 0 Å². The van der Waals surface area contributed by atoms with Crippen molar-refractivity contribution in [1.82, 2.24) is 0 Å². The Labute approximate surface area is 128 Å². The molecule has 0 aliphatic heterocycles. The molecule has 0 fully saturated rings. The summed E-state index contributed by atoms with van der Waals surface area (Å²) in [5, 5.41) is 7.96. The standard InChI is InChI=1S/C18H12.H3O3P/c1-2-12-6-7-15-9-8-13-4-3-5-14-10-11-16(12)18(15)17(13)14;1-4(2)3/h2-11H,1H2;4H,(H2,1,2,3). The van der Waals surface area contributed by atoms with Gasteiger partial charge in [0.1, 0.15) is 0 Å². The lowest BCUT2D eigenvalue weighted by Gasteiger charge is -2.12. The molecule has 0 aromatic heterocycles. The van der Waals surface area contributed by atoms with Gasteiger partial charge in [-0.15, -0.1) is 0 Å². The maximum atomic E-state index is 8.74. The number of hydrogen-bond donors (Lipinski definition) is 2. The third-order valence-electron chi connectivity index (χ3n) is 3.78. The van der Waals surface area contributed by atoms with Crippen molar-refractivity contribution in [3.05, 3.63) is 66.7 Å². The third kappa shape index (κ3) is 2.51. The second-order valence-corrected chi connectivity index (χ2v) is 5.56. The van der Waals surface area contributed by atoms with E-state index in [9.17, 15) is 0 Å². The zero-order chi connectivity index (χ0) is 15.7. The Bertz CT molecular complexity index is 972. The van der Waals surface area contributed by atoms with Gasteiger partial charge in [0.15, 0.2) is 0 Å². The number of rotatable bonds is 1. The molecule has 0 bridgehead atoms. The van der Waals surface area contributed by atoms with Gasteiger partial charge < -0.3 is 9.79 Å². The molecule has 0 aliphatic rings. The smallest absolute Gasteiger partial charge is 0.314 e. The summed E-state index contributed by atoms with van der Waals surface area (Å²) in [7, 11) is -3.13. The van der Waals surface area contributed by atoms with Gasteiger partial charge in [-0.25, -0.2) is 0 Å². The second-order valence-electron chi connectivity index (χ2n) is 5.00. The minimum absolute atomic E-state index is 1.21. The molecule has 0 radical (unpaired) electrons. The van der Waals surface area contributed by atoms with Gasteiger partial charge in [0.25, 0.3) is 0 Å². The summed E-state index contributed by atoms with van der Waals surface area (Å²) in [6, 6.07) is 19.6. The highest BCUT2D eigenvalue weighted by Crippen LogP contribution is 2.35. The van der Waals surface area contributed by atoms with Gasteiger partial charge in [-0.05, 0) is 37.9 Å². The second kappa shape index (κ2) is 5.90. The van der Waals surface area contributed by atoms with E-state index in [0.717, 1.165) is 0 Å². The summed E-state index contributed by atoms with van der Waals surface area (Å²) in [5.74, 6) is 0. The van der Waals surface area contributed by atoms with E-state index in [2.05, 4.69) is 61.2 Å². The predicted octanol–water partition coefficient (Wildman–Crippen LogP) is 4.59. The maximum absolute atomic E-state index is 8.74. The molecule has 4 rings (SSSR count). The summed E-state index contributed by atoms with van der Waals surface area (Å²) in [6.07, 6.45) is 1.94. The summed E-state index contributed by atoms with van der Waals surface area (Å²) < 4.78 is 8.74. The molecule has 0 heterocycles. The van der Waals surface area contributed by atoms with Crippen LogP contribution in [0.2, 0.25) is 0 Å². The Morgan fingerprint density at radius 1 is 0.818 bits per heavy atom. The molecule has 0 atom stereocenters. The topological polar surface area (TPSA) is 57.5 Å². The molecule has 0 spiro atoms. The van der Waals surface area contributed by atoms with Crippen LogP contribution in [-0.2, 0) is 4.57 Å². The van der Waals surface area contributed by atoms with Gasteiger partial charge >= 0.3 is 8.25 Å². The van der Waals surface area contributed by atoms with E-state index < -0.39 is 8.25 Å². The maximum Gasteiger partial charge on any atom is 0.314 e. The molecule has 0 saturated carbocycles. The third-order valence-corrected chi connectivity index (χ3v) is 3.78. The summed E-state index contributed by atoms with van der Waals surface area (Å²) >= 11 is 0. The van der Waals surface area contributed by atoms with E-state index in [4.69, 9.17) is 14.4 Å². The van der Waals surface area contributed by atoms with Crippen molar-refractivity contribution in [3.63, 3.8) is 0 Å². The molecule has 0 saturated heterocycles. The lowest BCUT2D eigenvalue weighted by molar-refractivity contribution is 0.405. The van der Waals surface area contributed by atoms with E-state index in [0.29, 0.717) is 0 Å². The van der Waals surface area contributed by atoms with E-state index in [-0.39, 0.29) is 0 Å². The van der Waals surface area contributed by atoms with Crippen molar-refractivity contribution in [2.45, 2.75) is 0 Å². The predicted molar refractivity (Wildman–Crippen MR) is 93.7 cm³/mol. The fourth-order valence-corrected chi connectivity index (χ4v) is 2.94. The Kier molecular flexibility index (Phi) is 3.95. The van der Waals surface area contributed by atoms with Crippen LogP contribution in [0.4, 0.5) is 0 Å². The molecule has 2 N–H and O–H groups in total. The molecule has 0 amide bonds. The fourth-order valence-electron chi connectivity index (χ4n) is 2.94. The first-order valence-electron chi connectivity index (χ1n) is 6.82. The van der Waals surface area contributed by atoms with Gasteiger partial charge in [-0.2, -0.15) is 0 Å². The largest absolute Gasteiger partial charge is 0.326 e. The molecule has 0 unspecified atom stereocenters. The molecule has 4 aromatic carbocycles. The average molecular weight is 310 g/mol. The Morgan fingerprint density at radius 3 is 1.91 bits per heavy atom. The van der Waals surface area contributed by atoms with E-state index in [1.54, 1.807) is 0 Å². The van der Waals surface area contributed by atoms with Gasteiger partial charge in [0, 0.05) is 0 Å². The van der Waals surface area contributed by atoms with Gasteiger partial charge in [-0.3, -0.25) is 4.57 Å². The zero-order valence-electron chi connectivity index (χ0n) is 11.8. The quantitative estimate of drug-likeness (QED) is 0.399. The van der Waals surface area contributed by atoms with Crippen LogP contribution in [0.3, 0.4) is 0 Å². The van der Waals surface area contributed by atoms with E-state index in [1.165, 1.54) is 37.9 Å². The summed E-state index contributed by atoms with van der Waals surface area (Å²) in [6.45, 7) is 3.91. The molecule has 0 aliphatic carbocycles. The molecule has 4 aromatic rings. The van der Waals surface area contributed by atoms with Crippen molar-refractivity contribution in [2.24, 2.45) is 0 Å². The van der Waals surface area contributed by atoms with Crippen molar-refractivity contribution in [1.29, 1.82) is 0 Å². The monoisotopic (exact) mass is 310 g/mol. The molecule has 22 heavy (non-hydrogen) atoms. The molecule has 110 valence electrons. The first-order chi connectivity index (χ1) is 10.6. The molecular weight excluding hydrogens is 295 g/mol. The normalized spacial score (nSPS) is 11.0. The summed E-state index contributed by atoms with van der Waals surface area (Å²) in [5.41, 5.74) is 1.21. The highest BCUT2D eigenvalue weighted by atomic mass is 31.1. The fraction of sp³-hybridized carbons (Fsp3) is 0. The van der Waals surface area contributed by atoms with E-state index >= 15 is 0 Å². The first-order valence-corrected chi connectivity index (χ1v) is 8.13. The molecular formula is C18H15O3P. The van der Waals surface area contributed by atoms with Crippen molar-refractivity contribution < 1.29 is 14.4 Å². The minimum Gasteiger partial charge on any atom is -0.326 e. The average Bonchev–Trinajstić information content (AvgIpc) is 2.52. The van der Waals surface area contributed by atoms with Crippen LogP contribution < -0.4 is 0 Å². The summed E-state index contributed by atoms with van der Waals surface area (Å²) in [4.78, 5) is 14.3. The highest BCUT2D eigenvalue weighted by Gasteiger charge is 2.08. The Balaban J connectivity index is 0.000000325. The lowest BCUT2D eigenvalue weighted by Crippen LogP contribution is -1.85. The minimum atomic E-state index is -3.13. The van der Waals surface area contributed by atoms with Crippen molar-refractivity contribution in [2.75, 3.05) is 0 Å². The van der Waals surface area contributed by atoms with Gasteiger partial charge in [0.05, 0.1) is 0 Å². The molecule has 4 heteroatoms.